The Labute approximate surface area is 155 Å². The largest absolute Gasteiger partial charge is 0.459 e. The Bertz CT molecular complexity index is 636. The predicted molar refractivity (Wildman–Crippen MR) is 98.2 cm³/mol. The molecule has 5 nitrogen and oxygen atoms in total. The molecular formula is C21H32O5. The van der Waals surface area contributed by atoms with Gasteiger partial charge in [0.25, 0.3) is 0 Å². The molecule has 0 amide bonds. The minimum Gasteiger partial charge on any atom is -0.459 e. The second-order valence-electron chi connectivity index (χ2n) is 9.17. The fourth-order valence-corrected chi connectivity index (χ4v) is 5.76. The zero-order valence-electron chi connectivity index (χ0n) is 16.1. The Morgan fingerprint density at radius 3 is 2.58 bits per heavy atom. The molecule has 0 radical (unpaired) electrons. The number of aliphatic hydroxyl groups is 3. The van der Waals surface area contributed by atoms with Crippen LogP contribution in [0.25, 0.3) is 0 Å². The van der Waals surface area contributed by atoms with Crippen molar-refractivity contribution >= 4 is 5.97 Å². The molecule has 2 aliphatic carbocycles. The van der Waals surface area contributed by atoms with Gasteiger partial charge in [0.2, 0.25) is 0 Å². The number of aliphatic hydroxyl groups excluding tert-OH is 2. The fourth-order valence-electron chi connectivity index (χ4n) is 5.76. The first kappa shape index (κ1) is 19.6. The molecule has 3 N–H and O–H groups in total. The van der Waals surface area contributed by atoms with Crippen LogP contribution in [0.2, 0.25) is 0 Å². The highest BCUT2D eigenvalue weighted by Gasteiger charge is 2.61. The molecule has 1 heterocycles. The number of hydrogen-bond donors (Lipinski definition) is 3. The summed E-state index contributed by atoms with van der Waals surface area (Å²) in [5.41, 5.74) is -0.0872. The van der Waals surface area contributed by atoms with Crippen LogP contribution in [0.1, 0.15) is 52.9 Å². The van der Waals surface area contributed by atoms with Crippen LogP contribution in [0.5, 0.6) is 0 Å². The van der Waals surface area contributed by atoms with Crippen molar-refractivity contribution in [3.63, 3.8) is 0 Å². The summed E-state index contributed by atoms with van der Waals surface area (Å²) in [5, 5.41) is 31.1. The van der Waals surface area contributed by atoms with Gasteiger partial charge in [-0.05, 0) is 56.3 Å². The Morgan fingerprint density at radius 1 is 1.31 bits per heavy atom. The van der Waals surface area contributed by atoms with Crippen molar-refractivity contribution in [3.8, 4) is 0 Å². The summed E-state index contributed by atoms with van der Waals surface area (Å²) >= 11 is 0. The number of hydrogen-bond acceptors (Lipinski definition) is 5. The van der Waals surface area contributed by atoms with Crippen LogP contribution in [0.4, 0.5) is 0 Å². The standard InChI is InChI=1S/C21H32O5/c1-13-5-8-17-19(2,9-10-21(4,25)20(17,3)12-22)15(13)7-6-14-16(23)11-26-18(14)24/h6,15-17,22-23,25H,1,5,7-12H2,2-4H3/b14-6+/t15-,16-,17+,19+,20+,21?/m1/s1. The summed E-state index contributed by atoms with van der Waals surface area (Å²) in [7, 11) is 0. The summed E-state index contributed by atoms with van der Waals surface area (Å²) in [5.74, 6) is -0.123. The first-order valence-electron chi connectivity index (χ1n) is 9.63. The van der Waals surface area contributed by atoms with Crippen LogP contribution in [-0.2, 0) is 9.53 Å². The lowest BCUT2D eigenvalue weighted by Crippen LogP contribution is -2.62. The number of carbonyl (C=O) groups is 1. The van der Waals surface area contributed by atoms with Crippen molar-refractivity contribution < 1.29 is 24.9 Å². The van der Waals surface area contributed by atoms with E-state index in [0.29, 0.717) is 18.4 Å². The Morgan fingerprint density at radius 2 is 2.00 bits per heavy atom. The second kappa shape index (κ2) is 6.47. The molecule has 0 spiro atoms. The number of esters is 1. The van der Waals surface area contributed by atoms with Crippen molar-refractivity contribution in [2.24, 2.45) is 22.7 Å². The molecule has 0 aromatic carbocycles. The van der Waals surface area contributed by atoms with E-state index in [0.717, 1.165) is 24.8 Å². The van der Waals surface area contributed by atoms with Crippen LogP contribution in [-0.4, -0.2) is 46.2 Å². The van der Waals surface area contributed by atoms with Crippen molar-refractivity contribution in [1.82, 2.24) is 0 Å². The van der Waals surface area contributed by atoms with E-state index in [1.807, 2.05) is 19.9 Å². The third kappa shape index (κ3) is 2.76. The number of allylic oxidation sites excluding steroid dienone is 2. The van der Waals surface area contributed by atoms with Gasteiger partial charge in [0.1, 0.15) is 12.7 Å². The molecular weight excluding hydrogens is 332 g/mol. The summed E-state index contributed by atoms with van der Waals surface area (Å²) in [6.45, 7) is 10.3. The molecule has 2 saturated carbocycles. The predicted octanol–water partition coefficient (Wildman–Crippen LogP) is 2.35. The van der Waals surface area contributed by atoms with Crippen LogP contribution in [0.3, 0.4) is 0 Å². The lowest BCUT2D eigenvalue weighted by molar-refractivity contribution is -0.201. The van der Waals surface area contributed by atoms with Crippen molar-refractivity contribution in [2.45, 2.75) is 64.6 Å². The van der Waals surface area contributed by atoms with Crippen molar-refractivity contribution in [1.29, 1.82) is 0 Å². The van der Waals surface area contributed by atoms with Gasteiger partial charge in [0, 0.05) is 5.41 Å². The van der Waals surface area contributed by atoms with E-state index in [1.165, 1.54) is 0 Å². The third-order valence-corrected chi connectivity index (χ3v) is 7.86. The molecule has 3 fully saturated rings. The van der Waals surface area contributed by atoms with Gasteiger partial charge in [-0.3, -0.25) is 0 Å². The molecule has 0 aromatic heterocycles. The minimum absolute atomic E-state index is 0.0294. The van der Waals surface area contributed by atoms with Crippen LogP contribution < -0.4 is 0 Å². The zero-order chi connectivity index (χ0) is 19.3. The molecule has 1 saturated heterocycles. The molecule has 1 aliphatic heterocycles. The molecule has 146 valence electrons. The smallest absolute Gasteiger partial charge is 0.336 e. The topological polar surface area (TPSA) is 87.0 Å². The molecule has 3 aliphatic rings. The van der Waals surface area contributed by atoms with Gasteiger partial charge < -0.3 is 20.1 Å². The van der Waals surface area contributed by atoms with E-state index in [2.05, 4.69) is 13.5 Å². The van der Waals surface area contributed by atoms with Gasteiger partial charge in [-0.1, -0.05) is 32.1 Å². The maximum absolute atomic E-state index is 11.8. The molecule has 5 heteroatoms. The van der Waals surface area contributed by atoms with E-state index in [4.69, 9.17) is 4.74 Å². The van der Waals surface area contributed by atoms with Gasteiger partial charge >= 0.3 is 5.97 Å². The van der Waals surface area contributed by atoms with Crippen molar-refractivity contribution in [2.75, 3.05) is 13.2 Å². The Hall–Kier alpha value is -1.17. The normalized spacial score (nSPS) is 47.8. The average molecular weight is 364 g/mol. The highest BCUT2D eigenvalue weighted by Crippen LogP contribution is 2.64. The summed E-state index contributed by atoms with van der Waals surface area (Å²) in [6.07, 6.45) is 4.82. The van der Waals surface area contributed by atoms with E-state index in [1.54, 1.807) is 0 Å². The molecule has 3 rings (SSSR count). The van der Waals surface area contributed by atoms with E-state index in [9.17, 15) is 20.1 Å². The van der Waals surface area contributed by atoms with Gasteiger partial charge in [-0.2, -0.15) is 0 Å². The Kier molecular flexibility index (Phi) is 4.87. The monoisotopic (exact) mass is 364 g/mol. The maximum atomic E-state index is 11.8. The number of ether oxygens (including phenoxy) is 1. The SMILES string of the molecule is C=C1CC[C@H]2[C@@](C)(CCC(C)(O)[C@@]2(C)CO)[C@@H]1C/C=C1/C(=O)OC[C@H]1O. The third-order valence-electron chi connectivity index (χ3n) is 7.86. The molecule has 0 aromatic rings. The number of fused-ring (bicyclic) bond motifs is 1. The first-order valence-corrected chi connectivity index (χ1v) is 9.63. The number of rotatable bonds is 3. The molecule has 26 heavy (non-hydrogen) atoms. The second-order valence-corrected chi connectivity index (χ2v) is 9.17. The molecule has 1 unspecified atom stereocenters. The summed E-state index contributed by atoms with van der Waals surface area (Å²) in [4.78, 5) is 11.8. The molecule has 0 bridgehead atoms. The average Bonchev–Trinajstić information content (AvgIpc) is 2.90. The van der Waals surface area contributed by atoms with Gasteiger partial charge in [-0.25, -0.2) is 4.79 Å². The lowest BCUT2D eigenvalue weighted by Gasteiger charge is -2.63. The zero-order valence-corrected chi connectivity index (χ0v) is 16.1. The van der Waals surface area contributed by atoms with Gasteiger partial charge in [0.05, 0.1) is 17.8 Å². The molecule has 6 atom stereocenters. The van der Waals surface area contributed by atoms with E-state index < -0.39 is 23.1 Å². The lowest BCUT2D eigenvalue weighted by atomic mass is 9.43. The van der Waals surface area contributed by atoms with E-state index >= 15 is 0 Å². The Balaban J connectivity index is 1.92. The van der Waals surface area contributed by atoms with Gasteiger partial charge in [0.15, 0.2) is 0 Å². The highest BCUT2D eigenvalue weighted by molar-refractivity contribution is 5.91. The van der Waals surface area contributed by atoms with Crippen LogP contribution in [0, 0.1) is 22.7 Å². The van der Waals surface area contributed by atoms with Crippen LogP contribution >= 0.6 is 0 Å². The number of cyclic esters (lactones) is 1. The van der Waals surface area contributed by atoms with E-state index in [-0.39, 0.29) is 30.5 Å². The first-order chi connectivity index (χ1) is 12.1. The minimum atomic E-state index is -0.904. The summed E-state index contributed by atoms with van der Waals surface area (Å²) in [6, 6.07) is 0. The van der Waals surface area contributed by atoms with Gasteiger partial charge in [-0.15, -0.1) is 0 Å². The fraction of sp³-hybridized carbons (Fsp3) is 0.762. The maximum Gasteiger partial charge on any atom is 0.336 e. The van der Waals surface area contributed by atoms with Crippen molar-refractivity contribution in [3.05, 3.63) is 23.8 Å². The van der Waals surface area contributed by atoms with Crippen LogP contribution in [0.15, 0.2) is 23.8 Å². The highest BCUT2D eigenvalue weighted by atomic mass is 16.6. The number of carbonyl (C=O) groups excluding carboxylic acids is 1. The summed E-state index contributed by atoms with van der Waals surface area (Å²) < 4.78 is 4.91. The quantitative estimate of drug-likeness (QED) is 0.406.